The lowest BCUT2D eigenvalue weighted by Gasteiger charge is -2.31. The van der Waals surface area contributed by atoms with Crippen molar-refractivity contribution >= 4 is 28.4 Å². The van der Waals surface area contributed by atoms with Crippen molar-refractivity contribution in [3.05, 3.63) is 65.4 Å². The highest BCUT2D eigenvalue weighted by Crippen LogP contribution is 2.24. The van der Waals surface area contributed by atoms with Crippen LogP contribution in [0, 0.1) is 6.92 Å². The Morgan fingerprint density at radius 3 is 2.60 bits per heavy atom. The lowest BCUT2D eigenvalue weighted by Crippen LogP contribution is -2.40. The average Bonchev–Trinajstić information content (AvgIpc) is 3.15. The molecule has 0 saturated carbocycles. The number of aryl methyl sites for hydroxylation is 2. The quantitative estimate of drug-likeness (QED) is 0.714. The molecule has 6 heteroatoms. The molecule has 1 saturated heterocycles. The van der Waals surface area contributed by atoms with Gasteiger partial charge in [0.05, 0.1) is 6.10 Å². The van der Waals surface area contributed by atoms with Crippen molar-refractivity contribution < 1.29 is 14.3 Å². The molecule has 0 atom stereocenters. The maximum absolute atomic E-state index is 13.0. The number of nitrogens with one attached hydrogen (secondary N) is 1. The number of aromatic nitrogens is 1. The number of likely N-dealkylation sites (tertiary alicyclic amines) is 1. The summed E-state index contributed by atoms with van der Waals surface area (Å²) in [6.07, 6.45) is 3.86. The van der Waals surface area contributed by atoms with E-state index in [1.807, 2.05) is 66.0 Å². The molecule has 4 rings (SSSR count). The van der Waals surface area contributed by atoms with Gasteiger partial charge in [-0.05, 0) is 55.7 Å². The summed E-state index contributed by atoms with van der Waals surface area (Å²) in [6.45, 7) is 3.29. The fourth-order valence-electron chi connectivity index (χ4n) is 4.06. The third-order valence-electron chi connectivity index (χ3n) is 5.97. The highest BCUT2D eigenvalue weighted by Gasteiger charge is 2.24. The van der Waals surface area contributed by atoms with Gasteiger partial charge in [-0.2, -0.15) is 0 Å². The molecule has 1 aliphatic heterocycles. The number of hydrogen-bond donors (Lipinski definition) is 1. The van der Waals surface area contributed by atoms with Crippen LogP contribution < -0.4 is 5.32 Å². The van der Waals surface area contributed by atoms with E-state index in [2.05, 4.69) is 5.32 Å². The van der Waals surface area contributed by atoms with Crippen LogP contribution in [0.4, 0.5) is 5.69 Å². The first kappa shape index (κ1) is 20.2. The lowest BCUT2D eigenvalue weighted by atomic mass is 10.0. The van der Waals surface area contributed by atoms with E-state index in [9.17, 15) is 9.59 Å². The highest BCUT2D eigenvalue weighted by atomic mass is 16.5. The van der Waals surface area contributed by atoms with E-state index >= 15 is 0 Å². The summed E-state index contributed by atoms with van der Waals surface area (Å²) < 4.78 is 7.38. The smallest absolute Gasteiger partial charge is 0.256 e. The molecule has 0 spiro atoms. The van der Waals surface area contributed by atoms with Crippen molar-refractivity contribution in [2.45, 2.75) is 25.9 Å². The Kier molecular flexibility index (Phi) is 5.59. The van der Waals surface area contributed by atoms with E-state index < -0.39 is 0 Å². The Morgan fingerprint density at radius 1 is 1.10 bits per heavy atom. The fraction of sp³-hybridized carbons (Fsp3) is 0.333. The van der Waals surface area contributed by atoms with Crippen LogP contribution in [0.25, 0.3) is 10.9 Å². The molecule has 1 aromatic heterocycles. The van der Waals surface area contributed by atoms with E-state index in [1.165, 1.54) is 0 Å². The van der Waals surface area contributed by atoms with Crippen molar-refractivity contribution in [3.63, 3.8) is 0 Å². The van der Waals surface area contributed by atoms with Crippen molar-refractivity contribution in [1.82, 2.24) is 9.47 Å². The summed E-state index contributed by atoms with van der Waals surface area (Å²) in [5.74, 6) is -0.189. The normalized spacial score (nSPS) is 14.8. The van der Waals surface area contributed by atoms with Gasteiger partial charge in [0.15, 0.2) is 0 Å². The number of carbonyl (C=O) groups is 2. The number of anilines is 1. The van der Waals surface area contributed by atoms with Gasteiger partial charge in [-0.25, -0.2) is 0 Å². The average molecular weight is 405 g/mol. The van der Waals surface area contributed by atoms with Gasteiger partial charge in [0.1, 0.15) is 0 Å². The third-order valence-corrected chi connectivity index (χ3v) is 5.97. The Balaban J connectivity index is 1.55. The number of methoxy groups -OCH3 is 1. The zero-order valence-corrected chi connectivity index (χ0v) is 17.6. The van der Waals surface area contributed by atoms with Gasteiger partial charge >= 0.3 is 0 Å². The molecular weight excluding hydrogens is 378 g/mol. The molecular formula is C24H27N3O3. The van der Waals surface area contributed by atoms with Crippen LogP contribution in [0.1, 0.15) is 39.1 Å². The SMILES string of the molecule is COC1CCN(C(=O)c2ccc(C)c(NC(=O)c3cccc4c3ccn4C)c2)CC1. The molecule has 6 nitrogen and oxygen atoms in total. The Morgan fingerprint density at radius 2 is 1.87 bits per heavy atom. The van der Waals surface area contributed by atoms with Crippen LogP contribution in [0.5, 0.6) is 0 Å². The van der Waals surface area contributed by atoms with Crippen molar-refractivity contribution in [1.29, 1.82) is 0 Å². The summed E-state index contributed by atoms with van der Waals surface area (Å²) in [6, 6.07) is 13.1. The van der Waals surface area contributed by atoms with E-state index in [-0.39, 0.29) is 17.9 Å². The first-order chi connectivity index (χ1) is 14.5. The van der Waals surface area contributed by atoms with E-state index in [0.717, 1.165) is 29.3 Å². The summed E-state index contributed by atoms with van der Waals surface area (Å²) >= 11 is 0. The monoisotopic (exact) mass is 405 g/mol. The number of piperidine rings is 1. The molecule has 0 unspecified atom stereocenters. The molecule has 0 aliphatic carbocycles. The second kappa shape index (κ2) is 8.32. The molecule has 30 heavy (non-hydrogen) atoms. The number of benzene rings is 2. The van der Waals surface area contributed by atoms with E-state index in [0.29, 0.717) is 29.9 Å². The molecule has 0 radical (unpaired) electrons. The number of amides is 2. The summed E-state index contributed by atoms with van der Waals surface area (Å²) in [7, 11) is 3.67. The van der Waals surface area contributed by atoms with Crippen LogP contribution in [-0.4, -0.2) is 47.6 Å². The van der Waals surface area contributed by atoms with Gasteiger partial charge in [-0.1, -0.05) is 12.1 Å². The Hall–Kier alpha value is -3.12. The fourth-order valence-corrected chi connectivity index (χ4v) is 4.06. The molecule has 3 aromatic rings. The highest BCUT2D eigenvalue weighted by molar-refractivity contribution is 6.13. The van der Waals surface area contributed by atoms with Gasteiger partial charge in [0.25, 0.3) is 11.8 Å². The first-order valence-corrected chi connectivity index (χ1v) is 10.3. The zero-order chi connectivity index (χ0) is 21.3. The molecule has 0 bridgehead atoms. The van der Waals surface area contributed by atoms with Gasteiger partial charge in [-0.15, -0.1) is 0 Å². The maximum Gasteiger partial charge on any atom is 0.256 e. The molecule has 1 N–H and O–H groups in total. The summed E-state index contributed by atoms with van der Waals surface area (Å²) in [5, 5.41) is 3.91. The van der Waals surface area contributed by atoms with Crippen LogP contribution >= 0.6 is 0 Å². The van der Waals surface area contributed by atoms with Gasteiger partial charge in [0, 0.05) is 61.2 Å². The zero-order valence-electron chi connectivity index (χ0n) is 17.6. The summed E-state index contributed by atoms with van der Waals surface area (Å²) in [5.41, 5.74) is 3.78. The van der Waals surface area contributed by atoms with Gasteiger partial charge in [0.2, 0.25) is 0 Å². The number of ether oxygens (including phenoxy) is 1. The second-order valence-corrected chi connectivity index (χ2v) is 7.88. The van der Waals surface area contributed by atoms with E-state index in [4.69, 9.17) is 4.74 Å². The molecule has 1 aliphatic rings. The van der Waals surface area contributed by atoms with Crippen molar-refractivity contribution in [2.75, 3.05) is 25.5 Å². The lowest BCUT2D eigenvalue weighted by molar-refractivity contribution is 0.0350. The Labute approximate surface area is 176 Å². The maximum atomic E-state index is 13.0. The first-order valence-electron chi connectivity index (χ1n) is 10.3. The largest absolute Gasteiger partial charge is 0.381 e. The molecule has 2 amide bonds. The minimum Gasteiger partial charge on any atom is -0.381 e. The number of fused-ring (bicyclic) bond motifs is 1. The molecule has 1 fully saturated rings. The Bertz CT molecular complexity index is 1090. The van der Waals surface area contributed by atoms with Gasteiger partial charge in [-0.3, -0.25) is 9.59 Å². The number of rotatable bonds is 4. The minimum absolute atomic E-state index is 0.00906. The number of hydrogen-bond acceptors (Lipinski definition) is 3. The van der Waals surface area contributed by atoms with Crippen LogP contribution in [0.2, 0.25) is 0 Å². The van der Waals surface area contributed by atoms with Gasteiger partial charge < -0.3 is 19.5 Å². The van der Waals surface area contributed by atoms with Crippen molar-refractivity contribution in [2.24, 2.45) is 7.05 Å². The van der Waals surface area contributed by atoms with Crippen LogP contribution in [0.3, 0.4) is 0 Å². The van der Waals surface area contributed by atoms with Crippen LogP contribution in [0.15, 0.2) is 48.7 Å². The predicted molar refractivity (Wildman–Crippen MR) is 118 cm³/mol. The molecule has 2 heterocycles. The summed E-state index contributed by atoms with van der Waals surface area (Å²) in [4.78, 5) is 27.8. The standard InChI is InChI=1S/C24H27N3O3/c1-16-7-8-17(24(29)27-13-9-18(30-3)10-14-27)15-21(16)25-23(28)20-5-4-6-22-19(20)11-12-26(22)2/h4-8,11-12,15,18H,9-10,13-14H2,1-3H3,(H,25,28). The van der Waals surface area contributed by atoms with E-state index in [1.54, 1.807) is 13.2 Å². The molecule has 2 aromatic carbocycles. The topological polar surface area (TPSA) is 63.6 Å². The predicted octanol–water partition coefficient (Wildman–Crippen LogP) is 3.99. The van der Waals surface area contributed by atoms with Crippen molar-refractivity contribution in [3.8, 4) is 0 Å². The second-order valence-electron chi connectivity index (χ2n) is 7.88. The minimum atomic E-state index is -0.180. The molecule has 156 valence electrons. The number of nitrogens with zero attached hydrogens (tertiary/aromatic N) is 2. The number of carbonyl (C=O) groups excluding carboxylic acids is 2. The van der Waals surface area contributed by atoms with Crippen LogP contribution in [-0.2, 0) is 11.8 Å². The third kappa shape index (κ3) is 3.83.